The zero-order valence-electron chi connectivity index (χ0n) is 20.2. The first-order chi connectivity index (χ1) is 14.9. The van der Waals surface area contributed by atoms with Crippen LogP contribution >= 0.6 is 0 Å². The fourth-order valence-electron chi connectivity index (χ4n) is 3.22. The van der Waals surface area contributed by atoms with Crippen LogP contribution in [0.25, 0.3) is 0 Å². The molecule has 3 amide bonds. The van der Waals surface area contributed by atoms with Crippen LogP contribution in [0.5, 0.6) is 5.75 Å². The van der Waals surface area contributed by atoms with E-state index in [1.807, 2.05) is 27.7 Å². The van der Waals surface area contributed by atoms with Gasteiger partial charge in [0.2, 0.25) is 11.8 Å². The van der Waals surface area contributed by atoms with Crippen LogP contribution in [-0.4, -0.2) is 47.2 Å². The van der Waals surface area contributed by atoms with Gasteiger partial charge >= 0.3 is 6.09 Å². The number of carbonyl (C=O) groups excluding carboxylic acids is 3. The lowest BCUT2D eigenvalue weighted by Gasteiger charge is -2.29. The highest BCUT2D eigenvalue weighted by atomic mass is 16.6. The van der Waals surface area contributed by atoms with E-state index in [0.717, 1.165) is 0 Å². The van der Waals surface area contributed by atoms with E-state index in [9.17, 15) is 19.5 Å². The summed E-state index contributed by atoms with van der Waals surface area (Å²) >= 11 is 0. The van der Waals surface area contributed by atoms with Crippen molar-refractivity contribution in [2.45, 2.75) is 79.1 Å². The molecular weight excluding hydrogens is 410 g/mol. The van der Waals surface area contributed by atoms with Crippen LogP contribution in [0.1, 0.15) is 54.9 Å². The van der Waals surface area contributed by atoms with E-state index < -0.39 is 36.2 Å². The number of hydrogen-bond donors (Lipinski definition) is 4. The molecule has 4 atom stereocenters. The van der Waals surface area contributed by atoms with Gasteiger partial charge in [0.1, 0.15) is 17.8 Å². The Hall–Kier alpha value is -2.61. The van der Waals surface area contributed by atoms with E-state index in [-0.39, 0.29) is 23.7 Å². The molecular formula is C24H39N3O5. The van der Waals surface area contributed by atoms with E-state index in [1.54, 1.807) is 51.1 Å². The number of carbonyl (C=O) groups is 3. The smallest absolute Gasteiger partial charge is 0.410 e. The Bertz CT molecular complexity index is 734. The van der Waals surface area contributed by atoms with Crippen molar-refractivity contribution in [3.63, 3.8) is 0 Å². The molecule has 1 rings (SSSR count). The van der Waals surface area contributed by atoms with Gasteiger partial charge in [-0.25, -0.2) is 4.79 Å². The number of aliphatic hydroxyl groups excluding tert-OH is 1. The van der Waals surface area contributed by atoms with Crippen LogP contribution in [0.2, 0.25) is 0 Å². The molecule has 0 aliphatic heterocycles. The molecule has 0 aliphatic rings. The summed E-state index contributed by atoms with van der Waals surface area (Å²) in [5.74, 6) is -0.628. The minimum atomic E-state index is -0.886. The molecule has 0 saturated carbocycles. The molecule has 32 heavy (non-hydrogen) atoms. The molecule has 0 fully saturated rings. The van der Waals surface area contributed by atoms with Crippen molar-refractivity contribution in [1.82, 2.24) is 16.0 Å². The van der Waals surface area contributed by atoms with Gasteiger partial charge in [-0.2, -0.15) is 0 Å². The van der Waals surface area contributed by atoms with E-state index in [1.165, 1.54) is 0 Å². The lowest BCUT2D eigenvalue weighted by molar-refractivity contribution is -0.132. The lowest BCUT2D eigenvalue weighted by atomic mass is 9.97. The number of benzene rings is 1. The molecule has 0 bridgehead atoms. The average Bonchev–Trinajstić information content (AvgIpc) is 2.69. The molecule has 8 heteroatoms. The largest absolute Gasteiger partial charge is 0.413 e. The van der Waals surface area contributed by atoms with Gasteiger partial charge < -0.3 is 25.8 Å². The number of rotatable bonds is 11. The summed E-state index contributed by atoms with van der Waals surface area (Å²) in [6, 6.07) is 6.43. The Labute approximate surface area is 191 Å². The van der Waals surface area contributed by atoms with Crippen LogP contribution in [0.3, 0.4) is 0 Å². The molecule has 1 aromatic carbocycles. The quantitative estimate of drug-likeness (QED) is 0.414. The summed E-state index contributed by atoms with van der Waals surface area (Å²) in [4.78, 5) is 38.2. The molecule has 0 heterocycles. The van der Waals surface area contributed by atoms with E-state index in [4.69, 9.17) is 4.74 Å². The third-order valence-electron chi connectivity index (χ3n) is 5.06. The van der Waals surface area contributed by atoms with Gasteiger partial charge in [0.15, 0.2) is 0 Å². The van der Waals surface area contributed by atoms with Crippen molar-refractivity contribution in [2.75, 3.05) is 0 Å². The summed E-state index contributed by atoms with van der Waals surface area (Å²) in [6.07, 6.45) is -0.853. The monoisotopic (exact) mass is 449 g/mol. The topological polar surface area (TPSA) is 117 Å². The summed E-state index contributed by atoms with van der Waals surface area (Å²) < 4.78 is 5.22. The minimum absolute atomic E-state index is 0.197. The molecule has 0 radical (unpaired) electrons. The number of ether oxygens (including phenoxy) is 1. The Balaban J connectivity index is 2.85. The van der Waals surface area contributed by atoms with E-state index in [0.29, 0.717) is 12.2 Å². The van der Waals surface area contributed by atoms with Crippen LogP contribution in [-0.2, 0) is 9.59 Å². The van der Waals surface area contributed by atoms with Crippen molar-refractivity contribution in [2.24, 2.45) is 17.8 Å². The van der Waals surface area contributed by atoms with Crippen LogP contribution in [0.4, 0.5) is 4.79 Å². The van der Waals surface area contributed by atoms with Crippen LogP contribution in [0.15, 0.2) is 30.3 Å². The lowest BCUT2D eigenvalue weighted by Crippen LogP contribution is -2.58. The zero-order chi connectivity index (χ0) is 24.4. The van der Waals surface area contributed by atoms with Gasteiger partial charge in [-0.05, 0) is 43.2 Å². The summed E-state index contributed by atoms with van der Waals surface area (Å²) in [5, 5.41) is 18.2. The maximum Gasteiger partial charge on any atom is 0.413 e. The highest BCUT2D eigenvalue weighted by Crippen LogP contribution is 2.12. The van der Waals surface area contributed by atoms with E-state index >= 15 is 0 Å². The fraction of sp³-hybridized carbons (Fsp3) is 0.625. The molecule has 0 aromatic heterocycles. The van der Waals surface area contributed by atoms with Gasteiger partial charge in [-0.3, -0.25) is 9.59 Å². The maximum atomic E-state index is 13.0. The van der Waals surface area contributed by atoms with E-state index in [2.05, 4.69) is 16.0 Å². The molecule has 1 aromatic rings. The highest BCUT2D eigenvalue weighted by Gasteiger charge is 2.32. The van der Waals surface area contributed by atoms with Crippen LogP contribution in [0, 0.1) is 17.8 Å². The summed E-state index contributed by atoms with van der Waals surface area (Å²) in [7, 11) is 0. The molecule has 0 saturated heterocycles. The van der Waals surface area contributed by atoms with Crippen molar-refractivity contribution in [1.29, 1.82) is 0 Å². The molecule has 4 N–H and O–H groups in total. The number of amides is 3. The normalized spacial score (nSPS) is 15.1. The second-order valence-corrected chi connectivity index (χ2v) is 9.28. The van der Waals surface area contributed by atoms with Gasteiger partial charge in [-0.15, -0.1) is 0 Å². The van der Waals surface area contributed by atoms with Gasteiger partial charge in [0, 0.05) is 0 Å². The minimum Gasteiger partial charge on any atom is -0.410 e. The molecule has 0 spiro atoms. The van der Waals surface area contributed by atoms with Crippen molar-refractivity contribution in [3.05, 3.63) is 30.3 Å². The fourth-order valence-corrected chi connectivity index (χ4v) is 3.22. The third-order valence-corrected chi connectivity index (χ3v) is 5.06. The second-order valence-electron chi connectivity index (χ2n) is 9.28. The number of para-hydroxylation sites is 1. The van der Waals surface area contributed by atoms with Crippen molar-refractivity contribution < 1.29 is 24.2 Å². The number of nitrogens with one attached hydrogen (secondary N) is 3. The molecule has 0 aliphatic carbocycles. The molecule has 0 unspecified atom stereocenters. The number of aliphatic hydroxyl groups is 1. The Kier molecular flexibility index (Phi) is 11.2. The predicted molar refractivity (Wildman–Crippen MR) is 124 cm³/mol. The Morgan fingerprint density at radius 1 is 0.812 bits per heavy atom. The van der Waals surface area contributed by atoms with Gasteiger partial charge in [0.05, 0.1) is 12.1 Å². The van der Waals surface area contributed by atoms with Crippen molar-refractivity contribution >= 4 is 17.9 Å². The van der Waals surface area contributed by atoms with Crippen LogP contribution < -0.4 is 20.7 Å². The summed E-state index contributed by atoms with van der Waals surface area (Å²) in [6.45, 7) is 12.9. The van der Waals surface area contributed by atoms with Gasteiger partial charge in [0.25, 0.3) is 0 Å². The Morgan fingerprint density at radius 2 is 1.31 bits per heavy atom. The molecule has 180 valence electrons. The molecule has 8 nitrogen and oxygen atoms in total. The Morgan fingerprint density at radius 3 is 1.78 bits per heavy atom. The highest BCUT2D eigenvalue weighted by molar-refractivity contribution is 5.91. The SMILES string of the molecule is CC(C)C[C@@H](NC(=O)[C@@H](NC(=O)[C@@H](NC(=O)Oc1ccccc1)C(C)C)C(C)C)[C@H](C)O. The predicted octanol–water partition coefficient (Wildman–Crippen LogP) is 2.85. The number of hydrogen-bond acceptors (Lipinski definition) is 5. The first-order valence-electron chi connectivity index (χ1n) is 11.2. The summed E-state index contributed by atoms with van der Waals surface area (Å²) in [5.41, 5.74) is 0. The average molecular weight is 450 g/mol. The third kappa shape index (κ3) is 9.26. The second kappa shape index (κ2) is 13.1. The zero-order valence-corrected chi connectivity index (χ0v) is 20.2. The maximum absolute atomic E-state index is 13.0. The van der Waals surface area contributed by atoms with Gasteiger partial charge in [-0.1, -0.05) is 59.7 Å². The first kappa shape index (κ1) is 27.4. The standard InChI is InChI=1S/C24H39N3O5/c1-14(2)13-19(17(7)28)25-22(29)20(15(3)4)26-23(30)21(16(5)6)27-24(31)32-18-11-9-8-10-12-18/h8-12,14-17,19-21,28H,13H2,1-7H3,(H,25,29)(H,26,30)(H,27,31)/t17-,19+,20-,21-/m0/s1. The first-order valence-corrected chi connectivity index (χ1v) is 11.2. The van der Waals surface area contributed by atoms with Crippen molar-refractivity contribution in [3.8, 4) is 5.75 Å².